The molecule has 3 N–H and O–H groups in total. The molecule has 1 unspecified atom stereocenters. The van der Waals surface area contributed by atoms with E-state index in [1.165, 1.54) is 18.1 Å². The molecular formula is C21H27N5O8PS+. The zero-order valence-electron chi connectivity index (χ0n) is 19.9. The summed E-state index contributed by atoms with van der Waals surface area (Å²) in [6, 6.07) is 3.27. The average molecular weight is 541 g/mol. The van der Waals surface area contributed by atoms with Gasteiger partial charge in [-0.3, -0.25) is 0 Å². The normalized spacial score (nSPS) is 20.0. The van der Waals surface area contributed by atoms with Crippen molar-refractivity contribution < 1.29 is 37.7 Å². The Morgan fingerprint density at radius 3 is 2.61 bits per heavy atom. The van der Waals surface area contributed by atoms with Crippen LogP contribution in [0.4, 0.5) is 5.82 Å². The Balaban J connectivity index is 1.49. The largest absolute Gasteiger partial charge is 0.694 e. The van der Waals surface area contributed by atoms with E-state index in [-0.39, 0.29) is 31.0 Å². The third kappa shape index (κ3) is 5.64. The highest BCUT2D eigenvalue weighted by molar-refractivity contribution is 7.98. The minimum absolute atomic E-state index is 0.110. The molecule has 0 spiro atoms. The average Bonchev–Trinajstić information content (AvgIpc) is 3.49. The molecule has 3 heterocycles. The smallest absolute Gasteiger partial charge is 0.496 e. The first-order valence-electron chi connectivity index (χ1n) is 10.8. The molecule has 0 amide bonds. The highest BCUT2D eigenvalue weighted by atomic mass is 32.2. The number of aromatic nitrogens is 4. The minimum atomic E-state index is -2.77. The molecular weight excluding hydrogens is 513 g/mol. The third-order valence-electron chi connectivity index (χ3n) is 5.73. The maximum absolute atomic E-state index is 11.1. The maximum atomic E-state index is 11.1. The summed E-state index contributed by atoms with van der Waals surface area (Å²) in [6.07, 6.45) is 1.88. The summed E-state index contributed by atoms with van der Waals surface area (Å²) in [5.74, 6) is 3.00. The van der Waals surface area contributed by atoms with Crippen molar-refractivity contribution >= 4 is 37.0 Å². The number of nitrogens with two attached hydrogens (primary N) is 1. The van der Waals surface area contributed by atoms with E-state index in [2.05, 4.69) is 15.0 Å². The molecule has 1 aliphatic rings. The molecule has 0 saturated carbocycles. The van der Waals surface area contributed by atoms with E-state index in [9.17, 15) is 4.57 Å². The van der Waals surface area contributed by atoms with E-state index in [0.717, 1.165) is 5.56 Å². The number of thioether (sulfide) groups is 1. The Labute approximate surface area is 212 Å². The highest BCUT2D eigenvalue weighted by Crippen LogP contribution is 2.37. The van der Waals surface area contributed by atoms with Crippen molar-refractivity contribution in [2.75, 3.05) is 46.2 Å². The Morgan fingerprint density at radius 2 is 1.94 bits per heavy atom. The second kappa shape index (κ2) is 12.0. The van der Waals surface area contributed by atoms with Crippen molar-refractivity contribution in [2.24, 2.45) is 0 Å². The van der Waals surface area contributed by atoms with E-state index in [1.54, 1.807) is 39.8 Å². The number of benzene rings is 1. The number of nitrogens with zero attached hydrogens (tertiary/aromatic N) is 4. The van der Waals surface area contributed by atoms with Gasteiger partial charge in [0.25, 0.3) is 0 Å². The predicted molar refractivity (Wildman–Crippen MR) is 131 cm³/mol. The van der Waals surface area contributed by atoms with Crippen LogP contribution in [0, 0.1) is 0 Å². The second-order valence-electron chi connectivity index (χ2n) is 7.66. The summed E-state index contributed by atoms with van der Waals surface area (Å²) >= 11 is 1.50. The Hall–Kier alpha value is -2.74. The van der Waals surface area contributed by atoms with Crippen LogP contribution in [0.5, 0.6) is 17.2 Å². The minimum Gasteiger partial charge on any atom is -0.496 e. The van der Waals surface area contributed by atoms with Gasteiger partial charge in [-0.25, -0.2) is 15.0 Å². The molecule has 0 radical (unpaired) electrons. The molecule has 194 valence electrons. The lowest BCUT2D eigenvalue weighted by Crippen LogP contribution is -2.34. The van der Waals surface area contributed by atoms with Gasteiger partial charge in [-0.2, -0.15) is 0 Å². The standard InChI is InChI=1S/C21H26N5O8PS/c1-29-12-4-15(30-2)13(16(5-12)31-3)8-36-11-33-19-14(6-32-17(19)7-34-35(27)28)26-10-25-18-20(22)23-9-24-21(18)26/h4-5,9-10,14,17,19H,6-8,11H2,1-3H3,(H2-,22,23,24,27,28)/p+1/t14-,17-,19+/m1/s1. The quantitative estimate of drug-likeness (QED) is 0.196. The zero-order chi connectivity index (χ0) is 25.7. The van der Waals surface area contributed by atoms with Crippen LogP contribution in [-0.4, -0.2) is 77.1 Å². The fourth-order valence-electron chi connectivity index (χ4n) is 4.00. The second-order valence-corrected chi connectivity index (χ2v) is 9.33. The zero-order valence-corrected chi connectivity index (χ0v) is 21.6. The van der Waals surface area contributed by atoms with Crippen LogP contribution in [0.3, 0.4) is 0 Å². The molecule has 4 rings (SSSR count). The van der Waals surface area contributed by atoms with Crippen LogP contribution >= 0.6 is 20.0 Å². The lowest BCUT2D eigenvalue weighted by molar-refractivity contribution is -0.0184. The summed E-state index contributed by atoms with van der Waals surface area (Å²) < 4.78 is 46.3. The first kappa shape index (κ1) is 26.3. The molecule has 1 aromatic carbocycles. The number of imidazole rings is 1. The van der Waals surface area contributed by atoms with Crippen LogP contribution < -0.4 is 19.9 Å². The van der Waals surface area contributed by atoms with Crippen molar-refractivity contribution in [2.45, 2.75) is 24.0 Å². The molecule has 0 aliphatic carbocycles. The maximum Gasteiger partial charge on any atom is 0.694 e. The number of ether oxygens (including phenoxy) is 5. The van der Waals surface area contributed by atoms with Crippen LogP contribution in [-0.2, 0) is 24.3 Å². The van der Waals surface area contributed by atoms with Crippen molar-refractivity contribution in [3.05, 3.63) is 30.4 Å². The first-order chi connectivity index (χ1) is 17.5. The third-order valence-corrected chi connectivity index (χ3v) is 6.89. The van der Waals surface area contributed by atoms with Crippen molar-refractivity contribution in [1.29, 1.82) is 0 Å². The van der Waals surface area contributed by atoms with Crippen LogP contribution in [0.25, 0.3) is 11.2 Å². The van der Waals surface area contributed by atoms with E-state index in [4.69, 9.17) is 38.8 Å². The van der Waals surface area contributed by atoms with Gasteiger partial charge in [0.2, 0.25) is 0 Å². The lowest BCUT2D eigenvalue weighted by Gasteiger charge is -2.23. The van der Waals surface area contributed by atoms with Gasteiger partial charge in [0.05, 0.1) is 46.2 Å². The van der Waals surface area contributed by atoms with Crippen LogP contribution in [0.1, 0.15) is 11.6 Å². The van der Waals surface area contributed by atoms with Crippen LogP contribution in [0.15, 0.2) is 24.8 Å². The van der Waals surface area contributed by atoms with E-state index in [1.807, 2.05) is 4.57 Å². The van der Waals surface area contributed by atoms with E-state index < -0.39 is 20.5 Å². The first-order valence-corrected chi connectivity index (χ1v) is 13.1. The summed E-state index contributed by atoms with van der Waals surface area (Å²) in [6.45, 7) is 0.155. The van der Waals surface area contributed by atoms with Gasteiger partial charge in [-0.1, -0.05) is 0 Å². The van der Waals surface area contributed by atoms with Gasteiger partial charge in [-0.15, -0.1) is 21.2 Å². The molecule has 1 fully saturated rings. The van der Waals surface area contributed by atoms with Crippen molar-refractivity contribution in [1.82, 2.24) is 19.5 Å². The molecule has 36 heavy (non-hydrogen) atoms. The number of rotatable bonds is 12. The van der Waals surface area contributed by atoms with Gasteiger partial charge in [0.15, 0.2) is 11.5 Å². The van der Waals surface area contributed by atoms with Gasteiger partial charge < -0.3 is 34.0 Å². The topological polar surface area (TPSA) is 162 Å². The molecule has 15 heteroatoms. The summed E-state index contributed by atoms with van der Waals surface area (Å²) in [7, 11) is 1.97. The molecule has 0 bridgehead atoms. The van der Waals surface area contributed by atoms with Crippen molar-refractivity contribution in [3.8, 4) is 17.2 Å². The molecule has 3 aromatic rings. The number of methoxy groups -OCH3 is 3. The van der Waals surface area contributed by atoms with E-state index in [0.29, 0.717) is 34.2 Å². The number of hydrogen-bond donors (Lipinski definition) is 2. The Bertz CT molecular complexity index is 1190. The van der Waals surface area contributed by atoms with Gasteiger partial charge >= 0.3 is 8.25 Å². The molecule has 1 aliphatic heterocycles. The summed E-state index contributed by atoms with van der Waals surface area (Å²) in [5, 5.41) is 0. The monoisotopic (exact) mass is 540 g/mol. The Kier molecular flexibility index (Phi) is 8.77. The fourth-order valence-corrected chi connectivity index (χ4v) is 5.10. The number of anilines is 1. The summed E-state index contributed by atoms with van der Waals surface area (Å²) in [4.78, 5) is 21.7. The highest BCUT2D eigenvalue weighted by Gasteiger charge is 2.42. The van der Waals surface area contributed by atoms with E-state index >= 15 is 0 Å². The van der Waals surface area contributed by atoms with Crippen LogP contribution in [0.2, 0.25) is 0 Å². The molecule has 2 aromatic heterocycles. The lowest BCUT2D eigenvalue weighted by atomic mass is 10.1. The molecule has 13 nitrogen and oxygen atoms in total. The van der Waals surface area contributed by atoms with Gasteiger partial charge in [0, 0.05) is 28.0 Å². The number of fused-ring (bicyclic) bond motifs is 1. The SMILES string of the molecule is COc1cc(OC)c(CSCO[C@H]2[C@H](n3cnc4c(N)ncnc43)CO[C@@H]2CO[P+](=O)O)c(OC)c1. The summed E-state index contributed by atoms with van der Waals surface area (Å²) in [5.41, 5.74) is 7.80. The van der Waals surface area contributed by atoms with Gasteiger partial charge in [0.1, 0.15) is 47.9 Å². The number of hydrogen-bond acceptors (Lipinski definition) is 12. The van der Waals surface area contributed by atoms with Crippen molar-refractivity contribution in [3.63, 3.8) is 0 Å². The fraction of sp³-hybridized carbons (Fsp3) is 0.476. The Morgan fingerprint density at radius 1 is 1.19 bits per heavy atom. The van der Waals surface area contributed by atoms with Gasteiger partial charge in [-0.05, 0) is 0 Å². The number of nitrogen functional groups attached to an aromatic ring is 1. The molecule has 4 atom stereocenters. The predicted octanol–water partition coefficient (Wildman–Crippen LogP) is 2.32. The molecule has 1 saturated heterocycles.